The summed E-state index contributed by atoms with van der Waals surface area (Å²) in [4.78, 5) is 4.32. The van der Waals surface area contributed by atoms with E-state index in [1.807, 2.05) is 19.2 Å². The van der Waals surface area contributed by atoms with Gasteiger partial charge in [0.25, 0.3) is 0 Å². The third-order valence-corrected chi connectivity index (χ3v) is 1.95. The molecular formula is C11H15N. The maximum atomic E-state index is 4.32. The monoisotopic (exact) mass is 161 g/mol. The van der Waals surface area contributed by atoms with E-state index in [1.54, 1.807) is 0 Å². The number of hydrogen-bond donors (Lipinski definition) is 0. The highest BCUT2D eigenvalue weighted by Gasteiger charge is 1.96. The number of pyridine rings is 1. The lowest BCUT2D eigenvalue weighted by Crippen LogP contribution is -1.91. The van der Waals surface area contributed by atoms with Gasteiger partial charge in [-0.25, -0.2) is 0 Å². The predicted octanol–water partition coefficient (Wildman–Crippen LogP) is 2.99. The summed E-state index contributed by atoms with van der Waals surface area (Å²) in [6.07, 6.45) is 7.08. The van der Waals surface area contributed by atoms with Crippen molar-refractivity contribution in [2.45, 2.75) is 27.2 Å². The minimum absolute atomic E-state index is 1.06. The lowest BCUT2D eigenvalue weighted by molar-refractivity contribution is 1.04. The molecule has 0 amide bonds. The summed E-state index contributed by atoms with van der Waals surface area (Å²) in [5, 5.41) is 0. The van der Waals surface area contributed by atoms with Crippen molar-refractivity contribution in [3.05, 3.63) is 35.2 Å². The Bertz CT molecular complexity index is 287. The first-order valence-electron chi connectivity index (χ1n) is 4.36. The van der Waals surface area contributed by atoms with Crippen LogP contribution in [0.1, 0.15) is 30.7 Å². The van der Waals surface area contributed by atoms with Crippen LogP contribution in [-0.2, 0) is 6.42 Å². The number of allylic oxidation sites excluding steroid dienone is 1. The summed E-state index contributed by atoms with van der Waals surface area (Å²) >= 11 is 0. The highest BCUT2D eigenvalue weighted by atomic mass is 14.7. The van der Waals surface area contributed by atoms with Gasteiger partial charge < -0.3 is 0 Å². The topological polar surface area (TPSA) is 12.9 Å². The number of nitrogens with zero attached hydrogens (tertiary/aromatic N) is 1. The van der Waals surface area contributed by atoms with Gasteiger partial charge in [-0.05, 0) is 37.5 Å². The largest absolute Gasteiger partial charge is 0.261 e. The zero-order chi connectivity index (χ0) is 8.97. The molecule has 64 valence electrons. The van der Waals surface area contributed by atoms with Crippen molar-refractivity contribution in [2.24, 2.45) is 0 Å². The summed E-state index contributed by atoms with van der Waals surface area (Å²) in [5.74, 6) is 0. The molecule has 0 N–H and O–H groups in total. The number of hydrogen-bond acceptors (Lipinski definition) is 1. The van der Waals surface area contributed by atoms with Crippen molar-refractivity contribution < 1.29 is 0 Å². The van der Waals surface area contributed by atoms with Gasteiger partial charge in [-0.2, -0.15) is 0 Å². The molecule has 0 aliphatic carbocycles. The second kappa shape index (κ2) is 4.05. The first-order valence-corrected chi connectivity index (χ1v) is 4.36. The third kappa shape index (κ3) is 1.94. The van der Waals surface area contributed by atoms with E-state index >= 15 is 0 Å². The molecule has 0 spiro atoms. The molecule has 0 unspecified atom stereocenters. The van der Waals surface area contributed by atoms with Gasteiger partial charge in [0.05, 0.1) is 0 Å². The van der Waals surface area contributed by atoms with Crippen LogP contribution in [0.2, 0.25) is 0 Å². The Kier molecular flexibility index (Phi) is 3.03. The van der Waals surface area contributed by atoms with E-state index in [4.69, 9.17) is 0 Å². The van der Waals surface area contributed by atoms with Gasteiger partial charge in [-0.3, -0.25) is 4.98 Å². The lowest BCUT2D eigenvalue weighted by atomic mass is 10.1. The van der Waals surface area contributed by atoms with Gasteiger partial charge in [0.1, 0.15) is 0 Å². The Balaban J connectivity index is 3.05. The Hall–Kier alpha value is -1.11. The van der Waals surface area contributed by atoms with Gasteiger partial charge in [-0.15, -0.1) is 0 Å². The van der Waals surface area contributed by atoms with Crippen molar-refractivity contribution in [2.75, 3.05) is 0 Å². The maximum absolute atomic E-state index is 4.32. The summed E-state index contributed by atoms with van der Waals surface area (Å²) < 4.78 is 0. The molecule has 0 aliphatic heterocycles. The molecule has 0 bridgehead atoms. The van der Waals surface area contributed by atoms with Crippen LogP contribution in [0.25, 0.3) is 6.08 Å². The zero-order valence-corrected chi connectivity index (χ0v) is 7.96. The molecule has 1 rings (SSSR count). The standard InChI is InChI=1S/C11H15N/c1-4-6-10-7-11(5-2)9(3)12-8-10/h4,6-8H,5H2,1-3H3/b6-4+. The normalized spacial score (nSPS) is 10.9. The molecule has 0 atom stereocenters. The van der Waals surface area contributed by atoms with Crippen molar-refractivity contribution >= 4 is 6.08 Å². The second-order valence-electron chi connectivity index (χ2n) is 2.87. The molecule has 0 radical (unpaired) electrons. The molecule has 1 heterocycles. The SMILES string of the molecule is C/C=C/c1cnc(C)c(CC)c1. The quantitative estimate of drug-likeness (QED) is 0.649. The third-order valence-electron chi connectivity index (χ3n) is 1.95. The molecule has 1 nitrogen and oxygen atoms in total. The zero-order valence-electron chi connectivity index (χ0n) is 7.96. The Morgan fingerprint density at radius 3 is 2.83 bits per heavy atom. The molecule has 1 aromatic heterocycles. The number of rotatable bonds is 2. The molecule has 0 saturated carbocycles. The van der Waals surface area contributed by atoms with E-state index in [9.17, 15) is 0 Å². The summed E-state index contributed by atoms with van der Waals surface area (Å²) in [7, 11) is 0. The van der Waals surface area contributed by atoms with E-state index in [2.05, 4.69) is 31.0 Å². The molecule has 0 aromatic carbocycles. The van der Waals surface area contributed by atoms with Gasteiger partial charge in [-0.1, -0.05) is 19.1 Å². The summed E-state index contributed by atoms with van der Waals surface area (Å²) in [6.45, 7) is 6.23. The van der Waals surface area contributed by atoms with Crippen molar-refractivity contribution in [1.82, 2.24) is 4.98 Å². The van der Waals surface area contributed by atoms with Crippen LogP contribution >= 0.6 is 0 Å². The van der Waals surface area contributed by atoms with Gasteiger partial charge in [0.2, 0.25) is 0 Å². The second-order valence-corrected chi connectivity index (χ2v) is 2.87. The van der Waals surface area contributed by atoms with Crippen molar-refractivity contribution in [3.63, 3.8) is 0 Å². The smallest absolute Gasteiger partial charge is 0.0404 e. The van der Waals surface area contributed by atoms with Gasteiger partial charge in [0.15, 0.2) is 0 Å². The molecule has 0 aliphatic rings. The minimum atomic E-state index is 1.06. The first kappa shape index (κ1) is 8.98. The molecule has 0 saturated heterocycles. The van der Waals surface area contributed by atoms with E-state index in [0.717, 1.165) is 12.1 Å². The average Bonchev–Trinajstić information content (AvgIpc) is 2.09. The fourth-order valence-corrected chi connectivity index (χ4v) is 1.24. The highest BCUT2D eigenvalue weighted by molar-refractivity contribution is 5.49. The maximum Gasteiger partial charge on any atom is 0.0404 e. The first-order chi connectivity index (χ1) is 5.77. The average molecular weight is 161 g/mol. The van der Waals surface area contributed by atoms with Crippen LogP contribution in [0.5, 0.6) is 0 Å². The van der Waals surface area contributed by atoms with E-state index in [0.29, 0.717) is 0 Å². The van der Waals surface area contributed by atoms with Crippen LogP contribution in [0, 0.1) is 6.92 Å². The van der Waals surface area contributed by atoms with Crippen molar-refractivity contribution in [3.8, 4) is 0 Å². The molecule has 0 fully saturated rings. The van der Waals surface area contributed by atoms with Crippen LogP contribution in [-0.4, -0.2) is 4.98 Å². The molecule has 1 heteroatoms. The Morgan fingerprint density at radius 1 is 1.50 bits per heavy atom. The Labute approximate surface area is 74.2 Å². The van der Waals surface area contributed by atoms with Crippen molar-refractivity contribution in [1.29, 1.82) is 0 Å². The van der Waals surface area contributed by atoms with E-state index in [-0.39, 0.29) is 0 Å². The van der Waals surface area contributed by atoms with E-state index < -0.39 is 0 Å². The molecule has 12 heavy (non-hydrogen) atoms. The molecular weight excluding hydrogens is 146 g/mol. The van der Waals surface area contributed by atoms with E-state index in [1.165, 1.54) is 11.1 Å². The fraction of sp³-hybridized carbons (Fsp3) is 0.364. The highest BCUT2D eigenvalue weighted by Crippen LogP contribution is 2.09. The fourth-order valence-electron chi connectivity index (χ4n) is 1.24. The van der Waals surface area contributed by atoms with Crippen LogP contribution in [0.15, 0.2) is 18.3 Å². The summed E-state index contributed by atoms with van der Waals surface area (Å²) in [5.41, 5.74) is 3.68. The predicted molar refractivity (Wildman–Crippen MR) is 53.1 cm³/mol. The number of aryl methyl sites for hydroxylation is 2. The van der Waals surface area contributed by atoms with Crippen LogP contribution < -0.4 is 0 Å². The Morgan fingerprint density at radius 2 is 2.25 bits per heavy atom. The van der Waals surface area contributed by atoms with Crippen LogP contribution in [0.3, 0.4) is 0 Å². The number of aromatic nitrogens is 1. The summed E-state index contributed by atoms with van der Waals surface area (Å²) in [6, 6.07) is 2.20. The van der Waals surface area contributed by atoms with Gasteiger partial charge in [0, 0.05) is 11.9 Å². The molecule has 1 aromatic rings. The van der Waals surface area contributed by atoms with Gasteiger partial charge >= 0.3 is 0 Å². The minimum Gasteiger partial charge on any atom is -0.261 e. The van der Waals surface area contributed by atoms with Crippen LogP contribution in [0.4, 0.5) is 0 Å². The lowest BCUT2D eigenvalue weighted by Gasteiger charge is -2.02.